The van der Waals surface area contributed by atoms with Crippen LogP contribution in [0.1, 0.15) is 74.9 Å². The molecule has 3 heterocycles. The van der Waals surface area contributed by atoms with Crippen LogP contribution in [-0.2, 0) is 31.9 Å². The number of nitrogens with zero attached hydrogens (tertiary/aromatic N) is 4. The second-order valence-electron chi connectivity index (χ2n) is 18.1. The van der Waals surface area contributed by atoms with Crippen LogP contribution in [0, 0.1) is 46.5 Å². The molecule has 0 unspecified atom stereocenters. The number of aromatic nitrogens is 2. The molecule has 0 aliphatic carbocycles. The summed E-state index contributed by atoms with van der Waals surface area (Å²) in [6, 6.07) is 48.1. The molecule has 0 atom stereocenters. The molecule has 0 radical (unpaired) electrons. The maximum absolute atomic E-state index is 6.59. The average Bonchev–Trinajstić information content (AvgIpc) is 3.73. The van der Waals surface area contributed by atoms with Gasteiger partial charge in [-0.1, -0.05) is 89.5 Å². The van der Waals surface area contributed by atoms with Gasteiger partial charge in [0.05, 0.1) is 0 Å². The zero-order chi connectivity index (χ0) is 41.4. The number of hydrogen-bond acceptors (Lipinski definition) is 4. The SMILES string of the molecule is Cc1cc(C(C)(C)C)cc(C)c1-c1cc(C)c(N2[CH-]N(c3[c-]c(Oc4[c-]c5c(cc4)c4ccccc4n5-c4cc(C(C)(C)C)ccn4)ccc3)c3ccccc32)c(C)c1.[Pt]. The summed E-state index contributed by atoms with van der Waals surface area (Å²) in [6.07, 6.45) is 1.90. The van der Waals surface area contributed by atoms with Gasteiger partial charge in [-0.05, 0) is 131 Å². The van der Waals surface area contributed by atoms with Gasteiger partial charge in [-0.25, -0.2) is 4.98 Å². The van der Waals surface area contributed by atoms with E-state index in [1.165, 1.54) is 50.2 Å². The standard InChI is InChI=1S/C54H51N4O.Pt/c1-34-28-40(54(8,9)10)29-35(2)51(34)38-26-36(3)52(37(4)27-38)57-33-56(47-20-13-14-21-48(47)57)41-16-15-17-42(31-41)59-43-22-23-45-44-18-11-12-19-46(44)58(49(45)32-43)50-30-39(24-25-55-50)53(5,6)7;/h11-30,33H,1-10H3;/q-3;. The quantitative estimate of drug-likeness (QED) is 0.156. The first-order valence-corrected chi connectivity index (χ1v) is 20.5. The largest absolute Gasteiger partial charge is 0.509 e. The third-order valence-corrected chi connectivity index (χ3v) is 11.7. The van der Waals surface area contributed by atoms with Crippen molar-refractivity contribution < 1.29 is 25.8 Å². The van der Waals surface area contributed by atoms with E-state index >= 15 is 0 Å². The van der Waals surface area contributed by atoms with Crippen LogP contribution in [-0.4, -0.2) is 9.55 Å². The number of anilines is 4. The van der Waals surface area contributed by atoms with Crippen molar-refractivity contribution in [3.8, 4) is 28.4 Å². The Labute approximate surface area is 369 Å². The second-order valence-corrected chi connectivity index (χ2v) is 18.1. The third kappa shape index (κ3) is 7.32. The van der Waals surface area contributed by atoms with Crippen molar-refractivity contribution >= 4 is 44.6 Å². The minimum atomic E-state index is -0.0142. The molecule has 60 heavy (non-hydrogen) atoms. The third-order valence-electron chi connectivity index (χ3n) is 11.7. The number of benzene rings is 6. The van der Waals surface area contributed by atoms with Crippen LogP contribution in [0.5, 0.6) is 11.5 Å². The molecular weight excluding hydrogens is 916 g/mol. The Morgan fingerprint density at radius 1 is 0.583 bits per heavy atom. The van der Waals surface area contributed by atoms with Gasteiger partial charge < -0.3 is 19.1 Å². The molecule has 1 aliphatic rings. The maximum Gasteiger partial charge on any atom is 0.135 e. The molecule has 0 bridgehead atoms. The maximum atomic E-state index is 6.59. The second kappa shape index (κ2) is 15.4. The zero-order valence-electron chi connectivity index (χ0n) is 36.1. The Morgan fingerprint density at radius 2 is 1.22 bits per heavy atom. The summed E-state index contributed by atoms with van der Waals surface area (Å²) in [5.74, 6) is 2.08. The average molecular weight is 967 g/mol. The van der Waals surface area contributed by atoms with E-state index in [4.69, 9.17) is 9.72 Å². The number of rotatable bonds is 6. The molecule has 8 aromatic rings. The van der Waals surface area contributed by atoms with Crippen molar-refractivity contribution in [3.63, 3.8) is 0 Å². The molecule has 0 N–H and O–H groups in total. The van der Waals surface area contributed by atoms with Crippen molar-refractivity contribution in [2.75, 3.05) is 9.80 Å². The summed E-state index contributed by atoms with van der Waals surface area (Å²) in [5.41, 5.74) is 16.6. The van der Waals surface area contributed by atoms with Crippen LogP contribution in [0.2, 0.25) is 0 Å². The molecule has 0 fully saturated rings. The van der Waals surface area contributed by atoms with E-state index in [0.29, 0.717) is 11.5 Å². The van der Waals surface area contributed by atoms with Crippen LogP contribution >= 0.6 is 0 Å². The summed E-state index contributed by atoms with van der Waals surface area (Å²) < 4.78 is 8.78. The molecule has 5 nitrogen and oxygen atoms in total. The fourth-order valence-corrected chi connectivity index (χ4v) is 8.75. The molecule has 6 heteroatoms. The van der Waals surface area contributed by atoms with Crippen molar-refractivity contribution in [2.45, 2.75) is 80.1 Å². The first kappa shape index (κ1) is 41.1. The summed E-state index contributed by atoms with van der Waals surface area (Å²) >= 11 is 0. The Morgan fingerprint density at radius 3 is 1.90 bits per heavy atom. The Bertz CT molecular complexity index is 2880. The van der Waals surface area contributed by atoms with Crippen molar-refractivity contribution in [1.29, 1.82) is 0 Å². The summed E-state index contributed by atoms with van der Waals surface area (Å²) in [7, 11) is 0. The Balaban J connectivity index is 0.00000499. The van der Waals surface area contributed by atoms with Crippen molar-refractivity contribution in [2.24, 2.45) is 0 Å². The molecule has 9 rings (SSSR count). The molecule has 0 saturated carbocycles. The van der Waals surface area contributed by atoms with E-state index in [-0.39, 0.29) is 31.9 Å². The predicted octanol–water partition coefficient (Wildman–Crippen LogP) is 14.5. The van der Waals surface area contributed by atoms with Gasteiger partial charge in [-0.3, -0.25) is 0 Å². The first-order valence-electron chi connectivity index (χ1n) is 20.5. The van der Waals surface area contributed by atoms with Gasteiger partial charge in [0.15, 0.2) is 0 Å². The predicted molar refractivity (Wildman–Crippen MR) is 246 cm³/mol. The van der Waals surface area contributed by atoms with E-state index < -0.39 is 0 Å². The minimum Gasteiger partial charge on any atom is -0.509 e. The molecule has 2 aromatic heterocycles. The van der Waals surface area contributed by atoms with Gasteiger partial charge in [-0.15, -0.1) is 48.1 Å². The van der Waals surface area contributed by atoms with E-state index in [2.05, 4.69) is 199 Å². The molecule has 0 saturated heterocycles. The molecule has 306 valence electrons. The van der Waals surface area contributed by atoms with Crippen LogP contribution in [0.4, 0.5) is 22.7 Å². The smallest absolute Gasteiger partial charge is 0.135 e. The topological polar surface area (TPSA) is 33.5 Å². The van der Waals surface area contributed by atoms with Gasteiger partial charge in [-0.2, -0.15) is 12.1 Å². The van der Waals surface area contributed by atoms with Crippen molar-refractivity contribution in [1.82, 2.24) is 9.55 Å². The number of ether oxygens (including phenoxy) is 1. The van der Waals surface area contributed by atoms with E-state index in [1.54, 1.807) is 0 Å². The molecule has 0 spiro atoms. The first-order chi connectivity index (χ1) is 28.2. The zero-order valence-corrected chi connectivity index (χ0v) is 38.4. The number of aryl methyl sites for hydroxylation is 4. The number of pyridine rings is 1. The molecule has 1 aliphatic heterocycles. The Hall–Kier alpha value is -5.64. The fourth-order valence-electron chi connectivity index (χ4n) is 8.75. The summed E-state index contributed by atoms with van der Waals surface area (Å²) in [4.78, 5) is 9.36. The van der Waals surface area contributed by atoms with Gasteiger partial charge in [0.1, 0.15) is 5.82 Å². The van der Waals surface area contributed by atoms with Crippen LogP contribution in [0.25, 0.3) is 38.8 Å². The summed E-state index contributed by atoms with van der Waals surface area (Å²) in [5, 5.41) is 2.24. The van der Waals surface area contributed by atoms with Gasteiger partial charge in [0.2, 0.25) is 0 Å². The van der Waals surface area contributed by atoms with E-state index in [1.807, 2.05) is 24.4 Å². The van der Waals surface area contributed by atoms with Crippen LogP contribution in [0.3, 0.4) is 0 Å². The minimum absolute atomic E-state index is 0. The van der Waals surface area contributed by atoms with E-state index in [0.717, 1.165) is 44.7 Å². The number of fused-ring (bicyclic) bond motifs is 4. The Kier molecular flexibility index (Phi) is 10.6. The summed E-state index contributed by atoms with van der Waals surface area (Å²) in [6.45, 7) is 24.6. The number of para-hydroxylation sites is 3. The van der Waals surface area contributed by atoms with Crippen molar-refractivity contribution in [3.05, 3.63) is 174 Å². The van der Waals surface area contributed by atoms with Crippen LogP contribution < -0.4 is 14.5 Å². The molecule has 0 amide bonds. The molecular formula is C54H51N4OPt-3. The monoisotopic (exact) mass is 966 g/mol. The van der Waals surface area contributed by atoms with E-state index in [9.17, 15) is 0 Å². The normalized spacial score (nSPS) is 12.9. The van der Waals surface area contributed by atoms with Crippen LogP contribution in [0.15, 0.2) is 121 Å². The number of hydrogen-bond donors (Lipinski definition) is 0. The van der Waals surface area contributed by atoms with Gasteiger partial charge in [0.25, 0.3) is 0 Å². The molecule has 6 aromatic carbocycles. The fraction of sp³-hybridized carbons (Fsp3) is 0.222. The van der Waals surface area contributed by atoms with Gasteiger partial charge in [0, 0.05) is 61.3 Å². The van der Waals surface area contributed by atoms with Gasteiger partial charge >= 0.3 is 0 Å².